The number of ether oxygens (including phenoxy) is 1. The molecule has 1 aromatic heterocycles. The number of nitrogens with zero attached hydrogens (tertiary/aromatic N) is 1. The smallest absolute Gasteiger partial charge is 0.251 e. The molecule has 0 spiro atoms. The maximum Gasteiger partial charge on any atom is 0.251 e. The third-order valence-corrected chi connectivity index (χ3v) is 3.04. The lowest BCUT2D eigenvalue weighted by molar-refractivity contribution is 0.0950. The van der Waals surface area contributed by atoms with Crippen molar-refractivity contribution in [2.75, 3.05) is 12.8 Å². The molecule has 0 atom stereocenters. The Morgan fingerprint density at radius 1 is 1.56 bits per heavy atom. The van der Waals surface area contributed by atoms with Crippen LogP contribution >= 0.6 is 11.3 Å². The van der Waals surface area contributed by atoms with Crippen molar-refractivity contribution in [1.29, 1.82) is 0 Å². The summed E-state index contributed by atoms with van der Waals surface area (Å²) in [6.07, 6.45) is 0. The van der Waals surface area contributed by atoms with Gasteiger partial charge in [0.15, 0.2) is 0 Å². The largest absolute Gasteiger partial charge is 0.495 e. The van der Waals surface area contributed by atoms with E-state index in [1.807, 2.05) is 5.38 Å². The molecule has 0 fully saturated rings. The van der Waals surface area contributed by atoms with Crippen LogP contribution in [0.3, 0.4) is 0 Å². The summed E-state index contributed by atoms with van der Waals surface area (Å²) in [6, 6.07) is 4.93. The predicted octanol–water partition coefficient (Wildman–Crippen LogP) is 1.66. The molecule has 0 saturated heterocycles. The van der Waals surface area contributed by atoms with Crippen molar-refractivity contribution in [3.63, 3.8) is 0 Å². The molecule has 2 rings (SSSR count). The first-order chi connectivity index (χ1) is 8.70. The van der Waals surface area contributed by atoms with E-state index in [1.165, 1.54) is 18.4 Å². The zero-order chi connectivity index (χ0) is 13.0. The van der Waals surface area contributed by atoms with E-state index in [0.717, 1.165) is 5.69 Å². The number of rotatable bonds is 4. The molecule has 5 nitrogen and oxygen atoms in total. The molecular formula is C12H13N3O2S. The maximum absolute atomic E-state index is 11.9. The van der Waals surface area contributed by atoms with Crippen molar-refractivity contribution in [2.45, 2.75) is 6.54 Å². The van der Waals surface area contributed by atoms with Gasteiger partial charge in [-0.05, 0) is 18.2 Å². The topological polar surface area (TPSA) is 77.2 Å². The van der Waals surface area contributed by atoms with Gasteiger partial charge in [0.25, 0.3) is 5.91 Å². The van der Waals surface area contributed by atoms with Gasteiger partial charge in [0.05, 0.1) is 30.5 Å². The van der Waals surface area contributed by atoms with E-state index in [2.05, 4.69) is 10.3 Å². The van der Waals surface area contributed by atoms with Crippen molar-refractivity contribution in [3.05, 3.63) is 40.3 Å². The molecule has 0 aliphatic rings. The number of hydrogen-bond donors (Lipinski definition) is 2. The second-order valence-corrected chi connectivity index (χ2v) is 4.34. The van der Waals surface area contributed by atoms with E-state index in [1.54, 1.807) is 23.7 Å². The van der Waals surface area contributed by atoms with Crippen molar-refractivity contribution in [2.24, 2.45) is 0 Å². The van der Waals surface area contributed by atoms with Crippen LogP contribution in [0.2, 0.25) is 0 Å². The van der Waals surface area contributed by atoms with E-state index in [0.29, 0.717) is 23.5 Å². The second-order valence-electron chi connectivity index (χ2n) is 3.62. The average Bonchev–Trinajstić information content (AvgIpc) is 2.89. The number of thiazole rings is 1. The van der Waals surface area contributed by atoms with Crippen LogP contribution in [0.25, 0.3) is 0 Å². The van der Waals surface area contributed by atoms with E-state index >= 15 is 0 Å². The molecule has 1 heterocycles. The van der Waals surface area contributed by atoms with Crippen LogP contribution in [-0.2, 0) is 6.54 Å². The predicted molar refractivity (Wildman–Crippen MR) is 70.7 cm³/mol. The van der Waals surface area contributed by atoms with Gasteiger partial charge in [-0.2, -0.15) is 0 Å². The summed E-state index contributed by atoms with van der Waals surface area (Å²) in [6.45, 7) is 0.412. The lowest BCUT2D eigenvalue weighted by atomic mass is 10.2. The molecule has 0 radical (unpaired) electrons. The molecule has 0 saturated carbocycles. The summed E-state index contributed by atoms with van der Waals surface area (Å²) in [5.74, 6) is 0.317. The van der Waals surface area contributed by atoms with Crippen LogP contribution in [0.15, 0.2) is 29.1 Å². The Labute approximate surface area is 109 Å². The molecule has 1 amide bonds. The number of nitrogens with two attached hydrogens (primary N) is 1. The first-order valence-corrected chi connectivity index (χ1v) is 6.24. The minimum atomic E-state index is -0.179. The standard InChI is InChI=1S/C12H13N3O2S/c1-17-11-4-8(2-3-10(11)13)12(16)14-5-9-6-18-7-15-9/h2-4,6-7H,5,13H2,1H3,(H,14,16). The third kappa shape index (κ3) is 2.78. The van der Waals surface area contributed by atoms with Crippen LogP contribution in [-0.4, -0.2) is 18.0 Å². The number of hydrogen-bond acceptors (Lipinski definition) is 5. The van der Waals surface area contributed by atoms with Gasteiger partial charge in [0, 0.05) is 10.9 Å². The Hall–Kier alpha value is -2.08. The molecule has 94 valence electrons. The van der Waals surface area contributed by atoms with Gasteiger partial charge in [0.2, 0.25) is 0 Å². The molecule has 6 heteroatoms. The summed E-state index contributed by atoms with van der Waals surface area (Å²) >= 11 is 1.50. The molecule has 3 N–H and O–H groups in total. The average molecular weight is 263 g/mol. The highest BCUT2D eigenvalue weighted by Crippen LogP contribution is 2.22. The van der Waals surface area contributed by atoms with Crippen LogP contribution in [0.4, 0.5) is 5.69 Å². The normalized spacial score (nSPS) is 10.1. The fourth-order valence-corrected chi connectivity index (χ4v) is 2.01. The van der Waals surface area contributed by atoms with Crippen molar-refractivity contribution in [3.8, 4) is 5.75 Å². The Balaban J connectivity index is 2.04. The van der Waals surface area contributed by atoms with E-state index in [4.69, 9.17) is 10.5 Å². The number of aromatic nitrogens is 1. The summed E-state index contributed by atoms with van der Waals surface area (Å²) in [5.41, 5.74) is 9.28. The van der Waals surface area contributed by atoms with Gasteiger partial charge >= 0.3 is 0 Å². The number of nitrogen functional groups attached to an aromatic ring is 1. The summed E-state index contributed by atoms with van der Waals surface area (Å²) in [7, 11) is 1.52. The Morgan fingerprint density at radius 3 is 3.06 bits per heavy atom. The van der Waals surface area contributed by atoms with Gasteiger partial charge in [-0.3, -0.25) is 4.79 Å². The highest BCUT2D eigenvalue weighted by molar-refractivity contribution is 7.07. The number of methoxy groups -OCH3 is 1. The minimum Gasteiger partial charge on any atom is -0.495 e. The maximum atomic E-state index is 11.9. The van der Waals surface area contributed by atoms with Crippen LogP contribution in [0.1, 0.15) is 16.1 Å². The van der Waals surface area contributed by atoms with E-state index in [-0.39, 0.29) is 5.91 Å². The number of amides is 1. The number of nitrogens with one attached hydrogen (secondary N) is 1. The first kappa shape index (κ1) is 12.4. The molecule has 0 bridgehead atoms. The highest BCUT2D eigenvalue weighted by Gasteiger charge is 2.08. The third-order valence-electron chi connectivity index (χ3n) is 2.41. The Bertz CT molecular complexity index is 540. The van der Waals surface area contributed by atoms with E-state index < -0.39 is 0 Å². The lowest BCUT2D eigenvalue weighted by Crippen LogP contribution is -2.23. The van der Waals surface area contributed by atoms with Gasteiger partial charge in [-0.1, -0.05) is 0 Å². The Kier molecular flexibility index (Phi) is 3.78. The SMILES string of the molecule is COc1cc(C(=O)NCc2cscn2)ccc1N. The van der Waals surface area contributed by atoms with Crippen LogP contribution in [0.5, 0.6) is 5.75 Å². The van der Waals surface area contributed by atoms with Crippen molar-refractivity contribution >= 4 is 22.9 Å². The molecule has 2 aromatic rings. The van der Waals surface area contributed by atoms with Crippen LogP contribution in [0, 0.1) is 0 Å². The summed E-state index contributed by atoms with van der Waals surface area (Å²) < 4.78 is 5.07. The molecule has 0 aliphatic heterocycles. The van der Waals surface area contributed by atoms with Gasteiger partial charge in [-0.15, -0.1) is 11.3 Å². The molecular weight excluding hydrogens is 250 g/mol. The fraction of sp³-hybridized carbons (Fsp3) is 0.167. The summed E-state index contributed by atoms with van der Waals surface area (Å²) in [4.78, 5) is 16.0. The van der Waals surface area contributed by atoms with Gasteiger partial charge < -0.3 is 15.8 Å². The van der Waals surface area contributed by atoms with Crippen molar-refractivity contribution < 1.29 is 9.53 Å². The van der Waals surface area contributed by atoms with Crippen LogP contribution < -0.4 is 15.8 Å². The molecule has 0 unspecified atom stereocenters. The van der Waals surface area contributed by atoms with Crippen molar-refractivity contribution in [1.82, 2.24) is 10.3 Å². The minimum absolute atomic E-state index is 0.179. The van der Waals surface area contributed by atoms with Gasteiger partial charge in [0.1, 0.15) is 5.75 Å². The number of carbonyl (C=O) groups is 1. The number of benzene rings is 1. The van der Waals surface area contributed by atoms with E-state index in [9.17, 15) is 4.79 Å². The zero-order valence-electron chi connectivity index (χ0n) is 9.84. The molecule has 1 aromatic carbocycles. The zero-order valence-corrected chi connectivity index (χ0v) is 10.7. The second kappa shape index (κ2) is 5.50. The van der Waals surface area contributed by atoms with Gasteiger partial charge in [-0.25, -0.2) is 4.98 Å². The molecule has 18 heavy (non-hydrogen) atoms. The Morgan fingerprint density at radius 2 is 2.39 bits per heavy atom. The monoisotopic (exact) mass is 263 g/mol. The quantitative estimate of drug-likeness (QED) is 0.822. The fourth-order valence-electron chi connectivity index (χ4n) is 1.45. The number of carbonyl (C=O) groups excluding carboxylic acids is 1. The summed E-state index contributed by atoms with van der Waals surface area (Å²) in [5, 5.41) is 4.67. The number of anilines is 1. The highest BCUT2D eigenvalue weighted by atomic mass is 32.1. The molecule has 0 aliphatic carbocycles. The first-order valence-electron chi connectivity index (χ1n) is 5.29. The lowest BCUT2D eigenvalue weighted by Gasteiger charge is -2.07.